The first-order valence-electron chi connectivity index (χ1n) is 6.23. The highest BCUT2D eigenvalue weighted by Crippen LogP contribution is 2.23. The molecule has 1 aromatic rings. The van der Waals surface area contributed by atoms with Crippen LogP contribution >= 0.6 is 15.9 Å². The van der Waals surface area contributed by atoms with Crippen LogP contribution in [0.5, 0.6) is 5.75 Å². The van der Waals surface area contributed by atoms with Crippen LogP contribution in [0.25, 0.3) is 0 Å². The first-order chi connectivity index (χ1) is 8.79. The molecule has 18 heavy (non-hydrogen) atoms. The van der Waals surface area contributed by atoms with E-state index in [0.29, 0.717) is 24.0 Å². The van der Waals surface area contributed by atoms with E-state index < -0.39 is 0 Å². The zero-order valence-electron chi connectivity index (χ0n) is 10.2. The number of benzene rings is 1. The molecule has 0 saturated carbocycles. The molecule has 0 bridgehead atoms. The highest BCUT2D eigenvalue weighted by atomic mass is 79.9. The van der Waals surface area contributed by atoms with Crippen LogP contribution in [0.2, 0.25) is 0 Å². The molecule has 1 saturated heterocycles. The Kier molecular flexibility index (Phi) is 5.03. The molecule has 0 spiro atoms. The zero-order valence-corrected chi connectivity index (χ0v) is 11.8. The van der Waals surface area contributed by atoms with E-state index in [1.807, 2.05) is 12.1 Å². The third kappa shape index (κ3) is 3.72. The maximum absolute atomic E-state index is 9.00. The van der Waals surface area contributed by atoms with Crippen LogP contribution in [0.15, 0.2) is 22.7 Å². The van der Waals surface area contributed by atoms with Crippen molar-refractivity contribution in [3.05, 3.63) is 28.2 Å². The molecule has 0 N–H and O–H groups in total. The number of halogens is 1. The molecule has 1 aromatic carbocycles. The monoisotopic (exact) mass is 309 g/mol. The Balaban J connectivity index is 1.77. The van der Waals surface area contributed by atoms with E-state index in [2.05, 4.69) is 22.0 Å². The third-order valence-corrected chi connectivity index (χ3v) is 3.51. The number of hydrogen-bond acceptors (Lipinski definition) is 3. The second kappa shape index (κ2) is 6.77. The summed E-state index contributed by atoms with van der Waals surface area (Å²) in [5.74, 6) is 0.660. The smallest absolute Gasteiger partial charge is 0.137 e. The third-order valence-electron chi connectivity index (χ3n) is 3.01. The Hall–Kier alpha value is -1.05. The zero-order chi connectivity index (χ0) is 12.8. The Morgan fingerprint density at radius 1 is 1.50 bits per heavy atom. The Labute approximate surface area is 116 Å². The fourth-order valence-electron chi connectivity index (χ4n) is 2.08. The van der Waals surface area contributed by atoms with Gasteiger partial charge in [-0.1, -0.05) is 15.9 Å². The van der Waals surface area contributed by atoms with Crippen molar-refractivity contribution < 1.29 is 9.47 Å². The summed E-state index contributed by atoms with van der Waals surface area (Å²) in [6.45, 7) is 1.53. The summed E-state index contributed by atoms with van der Waals surface area (Å²) in [6.07, 6.45) is 4.76. The second-order valence-corrected chi connectivity index (χ2v) is 5.29. The Morgan fingerprint density at radius 3 is 3.11 bits per heavy atom. The predicted molar refractivity (Wildman–Crippen MR) is 72.6 cm³/mol. The van der Waals surface area contributed by atoms with E-state index in [1.54, 1.807) is 6.07 Å². The molecular formula is C14H16BrNO2. The number of nitrogens with zero attached hydrogens (tertiary/aromatic N) is 1. The van der Waals surface area contributed by atoms with Crippen LogP contribution in [-0.4, -0.2) is 19.3 Å². The van der Waals surface area contributed by atoms with Gasteiger partial charge in [0.15, 0.2) is 0 Å². The number of ether oxygens (including phenoxy) is 2. The molecular weight excluding hydrogens is 294 g/mol. The summed E-state index contributed by atoms with van der Waals surface area (Å²) in [5, 5.41) is 9.00. The maximum atomic E-state index is 9.00. The predicted octanol–water partition coefficient (Wildman–Crippen LogP) is 3.66. The topological polar surface area (TPSA) is 42.2 Å². The molecule has 0 aromatic heterocycles. The molecule has 0 aliphatic carbocycles. The lowest BCUT2D eigenvalue weighted by molar-refractivity contribution is 0.0981. The van der Waals surface area contributed by atoms with Crippen molar-refractivity contribution in [2.45, 2.75) is 31.8 Å². The fraction of sp³-hybridized carbons (Fsp3) is 0.500. The fourth-order valence-corrected chi connectivity index (χ4v) is 2.44. The van der Waals surface area contributed by atoms with E-state index in [1.165, 1.54) is 12.8 Å². The molecule has 1 unspecified atom stereocenters. The van der Waals surface area contributed by atoms with E-state index in [0.717, 1.165) is 23.9 Å². The molecule has 1 atom stereocenters. The Bertz CT molecular complexity index is 436. The SMILES string of the molecule is N#Cc1cc(Br)ccc1OCCCC1CCCO1. The molecule has 0 amide bonds. The highest BCUT2D eigenvalue weighted by Gasteiger charge is 2.14. The van der Waals surface area contributed by atoms with Crippen LogP contribution in [0.4, 0.5) is 0 Å². The van der Waals surface area contributed by atoms with Gasteiger partial charge in [-0.2, -0.15) is 5.26 Å². The minimum Gasteiger partial charge on any atom is -0.492 e. The molecule has 2 rings (SSSR count). The van der Waals surface area contributed by atoms with Crippen molar-refractivity contribution in [3.63, 3.8) is 0 Å². The van der Waals surface area contributed by atoms with Gasteiger partial charge in [-0.05, 0) is 43.9 Å². The van der Waals surface area contributed by atoms with Gasteiger partial charge in [0, 0.05) is 11.1 Å². The Morgan fingerprint density at radius 2 is 2.39 bits per heavy atom. The van der Waals surface area contributed by atoms with Gasteiger partial charge in [-0.25, -0.2) is 0 Å². The molecule has 1 aliphatic rings. The van der Waals surface area contributed by atoms with Gasteiger partial charge in [-0.3, -0.25) is 0 Å². The highest BCUT2D eigenvalue weighted by molar-refractivity contribution is 9.10. The largest absolute Gasteiger partial charge is 0.492 e. The average Bonchev–Trinajstić information content (AvgIpc) is 2.89. The molecule has 4 heteroatoms. The van der Waals surface area contributed by atoms with Crippen LogP contribution in [0, 0.1) is 11.3 Å². The number of nitriles is 1. The van der Waals surface area contributed by atoms with Crippen molar-refractivity contribution in [3.8, 4) is 11.8 Å². The second-order valence-electron chi connectivity index (χ2n) is 4.38. The summed E-state index contributed by atoms with van der Waals surface area (Å²) in [6, 6.07) is 7.63. The standard InChI is InChI=1S/C14H16BrNO2/c15-12-5-6-14(11(9-12)10-16)18-8-2-4-13-3-1-7-17-13/h5-6,9,13H,1-4,7-8H2. The number of hydrogen-bond donors (Lipinski definition) is 0. The quantitative estimate of drug-likeness (QED) is 0.780. The van der Waals surface area contributed by atoms with Gasteiger partial charge < -0.3 is 9.47 Å². The lowest BCUT2D eigenvalue weighted by Crippen LogP contribution is -2.08. The van der Waals surface area contributed by atoms with Gasteiger partial charge in [0.05, 0.1) is 18.3 Å². The van der Waals surface area contributed by atoms with Gasteiger partial charge in [-0.15, -0.1) is 0 Å². The van der Waals surface area contributed by atoms with E-state index in [-0.39, 0.29) is 0 Å². The molecule has 1 heterocycles. The van der Waals surface area contributed by atoms with Crippen LogP contribution in [-0.2, 0) is 4.74 Å². The number of rotatable bonds is 5. The van der Waals surface area contributed by atoms with E-state index in [4.69, 9.17) is 14.7 Å². The first kappa shape index (κ1) is 13.4. The minimum absolute atomic E-state index is 0.411. The van der Waals surface area contributed by atoms with Crippen LogP contribution in [0.1, 0.15) is 31.2 Å². The molecule has 1 aliphatic heterocycles. The summed E-state index contributed by atoms with van der Waals surface area (Å²) >= 11 is 3.34. The van der Waals surface area contributed by atoms with Crippen molar-refractivity contribution in [1.82, 2.24) is 0 Å². The summed E-state index contributed by atoms with van der Waals surface area (Å²) in [5.41, 5.74) is 0.571. The van der Waals surface area contributed by atoms with E-state index >= 15 is 0 Å². The maximum Gasteiger partial charge on any atom is 0.137 e. The normalized spacial score (nSPS) is 18.6. The minimum atomic E-state index is 0.411. The van der Waals surface area contributed by atoms with E-state index in [9.17, 15) is 0 Å². The van der Waals surface area contributed by atoms with Crippen molar-refractivity contribution in [2.24, 2.45) is 0 Å². The van der Waals surface area contributed by atoms with Crippen LogP contribution in [0.3, 0.4) is 0 Å². The summed E-state index contributed by atoms with van der Waals surface area (Å²) in [4.78, 5) is 0. The van der Waals surface area contributed by atoms with Gasteiger partial charge in [0.1, 0.15) is 11.8 Å². The lowest BCUT2D eigenvalue weighted by Gasteiger charge is -2.11. The molecule has 3 nitrogen and oxygen atoms in total. The average molecular weight is 310 g/mol. The van der Waals surface area contributed by atoms with Gasteiger partial charge >= 0.3 is 0 Å². The van der Waals surface area contributed by atoms with Gasteiger partial charge in [0.2, 0.25) is 0 Å². The summed E-state index contributed by atoms with van der Waals surface area (Å²) in [7, 11) is 0. The molecule has 96 valence electrons. The first-order valence-corrected chi connectivity index (χ1v) is 7.03. The summed E-state index contributed by atoms with van der Waals surface area (Å²) < 4.78 is 12.1. The van der Waals surface area contributed by atoms with Crippen molar-refractivity contribution in [2.75, 3.05) is 13.2 Å². The van der Waals surface area contributed by atoms with Crippen molar-refractivity contribution >= 4 is 15.9 Å². The van der Waals surface area contributed by atoms with Crippen LogP contribution < -0.4 is 4.74 Å². The molecule has 0 radical (unpaired) electrons. The lowest BCUT2D eigenvalue weighted by atomic mass is 10.1. The molecule has 1 fully saturated rings. The van der Waals surface area contributed by atoms with Gasteiger partial charge in [0.25, 0.3) is 0 Å². The van der Waals surface area contributed by atoms with Crippen molar-refractivity contribution in [1.29, 1.82) is 5.26 Å².